The molecule has 0 fully saturated rings. The van der Waals surface area contributed by atoms with Crippen molar-refractivity contribution < 1.29 is 4.74 Å². The van der Waals surface area contributed by atoms with E-state index in [9.17, 15) is 0 Å². The van der Waals surface area contributed by atoms with Gasteiger partial charge in [-0.1, -0.05) is 57.0 Å². The van der Waals surface area contributed by atoms with Gasteiger partial charge in [0.1, 0.15) is 10.8 Å². The minimum absolute atomic E-state index is 0.0422. The van der Waals surface area contributed by atoms with Gasteiger partial charge in [-0.2, -0.15) is 0 Å². The summed E-state index contributed by atoms with van der Waals surface area (Å²) < 4.78 is 5.78. The lowest BCUT2D eigenvalue weighted by molar-refractivity contribution is 0.175. The van der Waals surface area contributed by atoms with Crippen molar-refractivity contribution in [3.05, 3.63) is 28.2 Å². The summed E-state index contributed by atoms with van der Waals surface area (Å²) in [6, 6.07) is 5.44. The molecule has 1 aromatic carbocycles. The highest BCUT2D eigenvalue weighted by Gasteiger charge is 2.19. The van der Waals surface area contributed by atoms with Crippen LogP contribution in [0, 0.1) is 11.3 Å². The smallest absolute Gasteiger partial charge is 0.139 e. The molecule has 0 atom stereocenters. The highest BCUT2D eigenvalue weighted by molar-refractivity contribution is 6.42. The molecule has 1 aromatic rings. The van der Waals surface area contributed by atoms with Crippen molar-refractivity contribution >= 4 is 23.2 Å². The molecular weight excluding hydrogens is 281 g/mol. The molecule has 0 aliphatic carbocycles. The monoisotopic (exact) mass is 303 g/mol. The Morgan fingerprint density at radius 1 is 1.26 bits per heavy atom. The zero-order valence-electron chi connectivity index (χ0n) is 12.1. The molecule has 0 saturated carbocycles. The van der Waals surface area contributed by atoms with Gasteiger partial charge in [0.15, 0.2) is 0 Å². The normalized spacial score (nSPS) is 11.9. The maximum Gasteiger partial charge on any atom is 0.139 e. The minimum Gasteiger partial charge on any atom is -0.491 e. The number of nitrogens with one attached hydrogen (secondary N) is 1. The Morgan fingerprint density at radius 2 is 1.95 bits per heavy atom. The highest BCUT2D eigenvalue weighted by Crippen LogP contribution is 2.32. The second kappa shape index (κ2) is 7.37. The van der Waals surface area contributed by atoms with Gasteiger partial charge in [-0.25, -0.2) is 0 Å². The third kappa shape index (κ3) is 6.03. The molecule has 0 spiro atoms. The Kier molecular flexibility index (Phi) is 6.45. The van der Waals surface area contributed by atoms with Crippen molar-refractivity contribution in [3.8, 4) is 5.75 Å². The van der Waals surface area contributed by atoms with Gasteiger partial charge in [-0.3, -0.25) is 0 Å². The van der Waals surface area contributed by atoms with Gasteiger partial charge in [0.25, 0.3) is 0 Å². The molecule has 2 nitrogen and oxygen atoms in total. The van der Waals surface area contributed by atoms with Crippen molar-refractivity contribution in [2.45, 2.75) is 27.7 Å². The van der Waals surface area contributed by atoms with E-state index in [0.29, 0.717) is 28.3 Å². The molecule has 108 valence electrons. The van der Waals surface area contributed by atoms with Crippen LogP contribution in [-0.4, -0.2) is 19.7 Å². The van der Waals surface area contributed by atoms with Crippen LogP contribution in [0.5, 0.6) is 5.75 Å². The summed E-state index contributed by atoms with van der Waals surface area (Å²) in [6.07, 6.45) is 0. The molecule has 0 bridgehead atoms. The third-order valence-corrected chi connectivity index (χ3v) is 3.49. The van der Waals surface area contributed by atoms with Gasteiger partial charge in [0.2, 0.25) is 0 Å². The average Bonchev–Trinajstić information content (AvgIpc) is 2.30. The first kappa shape index (κ1) is 16.6. The Hall–Kier alpha value is -0.440. The SMILES string of the molecule is CC(C)CNCC(C)(C)COc1cccc(Cl)c1Cl. The van der Waals surface area contributed by atoms with Crippen LogP contribution < -0.4 is 10.1 Å². The minimum atomic E-state index is 0.0422. The summed E-state index contributed by atoms with van der Waals surface area (Å²) >= 11 is 12.1. The molecule has 0 heterocycles. The molecule has 4 heteroatoms. The maximum absolute atomic E-state index is 6.10. The quantitative estimate of drug-likeness (QED) is 0.792. The molecule has 0 unspecified atom stereocenters. The van der Waals surface area contributed by atoms with Gasteiger partial charge in [-0.15, -0.1) is 0 Å². The van der Waals surface area contributed by atoms with Crippen LogP contribution in [0.1, 0.15) is 27.7 Å². The summed E-state index contributed by atoms with van der Waals surface area (Å²) in [5, 5.41) is 4.45. The van der Waals surface area contributed by atoms with Crippen LogP contribution in [0.25, 0.3) is 0 Å². The third-order valence-electron chi connectivity index (χ3n) is 2.69. The fourth-order valence-electron chi connectivity index (χ4n) is 1.62. The molecule has 1 rings (SSSR count). The Labute approximate surface area is 126 Å². The molecule has 0 amide bonds. The molecule has 0 aliphatic rings. The van der Waals surface area contributed by atoms with Gasteiger partial charge in [-0.05, 0) is 24.6 Å². The summed E-state index contributed by atoms with van der Waals surface area (Å²) in [5.41, 5.74) is 0.0422. The Morgan fingerprint density at radius 3 is 2.58 bits per heavy atom. The summed E-state index contributed by atoms with van der Waals surface area (Å²) in [7, 11) is 0. The first-order valence-electron chi connectivity index (χ1n) is 6.59. The van der Waals surface area contributed by atoms with Gasteiger partial charge >= 0.3 is 0 Å². The molecule has 0 aliphatic heterocycles. The van der Waals surface area contributed by atoms with E-state index in [0.717, 1.165) is 13.1 Å². The van der Waals surface area contributed by atoms with E-state index in [4.69, 9.17) is 27.9 Å². The standard InChI is InChI=1S/C15H23Cl2NO/c1-11(2)8-18-9-15(3,4)10-19-13-7-5-6-12(16)14(13)17/h5-7,11,18H,8-10H2,1-4H3. The molecule has 0 aromatic heterocycles. The first-order chi connectivity index (χ1) is 8.82. The van der Waals surface area contributed by atoms with E-state index < -0.39 is 0 Å². The lowest BCUT2D eigenvalue weighted by atomic mass is 9.94. The van der Waals surface area contributed by atoms with Crippen molar-refractivity contribution in [1.82, 2.24) is 5.32 Å². The number of halogens is 2. The van der Waals surface area contributed by atoms with Crippen molar-refractivity contribution in [2.75, 3.05) is 19.7 Å². The van der Waals surface area contributed by atoms with E-state index >= 15 is 0 Å². The Balaban J connectivity index is 2.48. The van der Waals surface area contributed by atoms with Gasteiger partial charge in [0.05, 0.1) is 11.6 Å². The number of hydrogen-bond donors (Lipinski definition) is 1. The van der Waals surface area contributed by atoms with Crippen molar-refractivity contribution in [1.29, 1.82) is 0 Å². The molecule has 19 heavy (non-hydrogen) atoms. The summed E-state index contributed by atoms with van der Waals surface area (Å²) in [4.78, 5) is 0. The van der Waals surface area contributed by atoms with Crippen LogP contribution in [-0.2, 0) is 0 Å². The lowest BCUT2D eigenvalue weighted by Crippen LogP contribution is -2.35. The van der Waals surface area contributed by atoms with Crippen LogP contribution in [0.15, 0.2) is 18.2 Å². The molecular formula is C15H23Cl2NO. The van der Waals surface area contributed by atoms with E-state index in [-0.39, 0.29) is 5.41 Å². The number of hydrogen-bond acceptors (Lipinski definition) is 2. The van der Waals surface area contributed by atoms with Crippen LogP contribution in [0.3, 0.4) is 0 Å². The first-order valence-corrected chi connectivity index (χ1v) is 7.35. The fourth-order valence-corrected chi connectivity index (χ4v) is 1.97. The largest absolute Gasteiger partial charge is 0.491 e. The van der Waals surface area contributed by atoms with Crippen molar-refractivity contribution in [2.24, 2.45) is 11.3 Å². The zero-order valence-corrected chi connectivity index (χ0v) is 13.6. The summed E-state index contributed by atoms with van der Waals surface area (Å²) in [6.45, 7) is 11.2. The van der Waals surface area contributed by atoms with E-state index in [2.05, 4.69) is 33.0 Å². The van der Waals surface area contributed by atoms with Gasteiger partial charge in [0, 0.05) is 12.0 Å². The lowest BCUT2D eigenvalue weighted by Gasteiger charge is -2.26. The van der Waals surface area contributed by atoms with Crippen LogP contribution >= 0.6 is 23.2 Å². The average molecular weight is 304 g/mol. The second-order valence-corrected chi connectivity index (χ2v) is 6.81. The van der Waals surface area contributed by atoms with Gasteiger partial charge < -0.3 is 10.1 Å². The predicted molar refractivity (Wildman–Crippen MR) is 83.4 cm³/mol. The highest BCUT2D eigenvalue weighted by atomic mass is 35.5. The topological polar surface area (TPSA) is 21.3 Å². The molecule has 0 radical (unpaired) electrons. The fraction of sp³-hybridized carbons (Fsp3) is 0.600. The van der Waals surface area contributed by atoms with E-state index in [1.807, 2.05) is 12.1 Å². The second-order valence-electron chi connectivity index (χ2n) is 6.03. The van der Waals surface area contributed by atoms with E-state index in [1.54, 1.807) is 6.07 Å². The van der Waals surface area contributed by atoms with Crippen molar-refractivity contribution in [3.63, 3.8) is 0 Å². The van der Waals surface area contributed by atoms with Crippen LogP contribution in [0.4, 0.5) is 0 Å². The number of benzene rings is 1. The maximum atomic E-state index is 6.10. The number of rotatable bonds is 7. The molecule has 0 saturated heterocycles. The van der Waals surface area contributed by atoms with E-state index in [1.165, 1.54) is 0 Å². The zero-order chi connectivity index (χ0) is 14.5. The summed E-state index contributed by atoms with van der Waals surface area (Å²) in [5.74, 6) is 1.30. The predicted octanol–water partition coefficient (Wildman–Crippen LogP) is 4.64. The number of ether oxygens (including phenoxy) is 1. The Bertz CT molecular complexity index is 405. The molecule has 1 N–H and O–H groups in total. The van der Waals surface area contributed by atoms with Crippen LogP contribution in [0.2, 0.25) is 10.0 Å².